The van der Waals surface area contributed by atoms with Gasteiger partial charge in [0.25, 0.3) is 5.91 Å². The van der Waals surface area contributed by atoms with E-state index >= 15 is 0 Å². The second-order valence-electron chi connectivity index (χ2n) is 4.25. The molecule has 0 aliphatic heterocycles. The normalized spacial score (nSPS) is 10.4. The minimum Gasteiger partial charge on any atom is -0.467 e. The lowest BCUT2D eigenvalue weighted by molar-refractivity contribution is 0.0917. The fourth-order valence-corrected chi connectivity index (χ4v) is 1.77. The van der Waals surface area contributed by atoms with Gasteiger partial charge in [0.1, 0.15) is 12.4 Å². The average Bonchev–Trinajstić information content (AvgIpc) is 2.96. The molecule has 5 heteroatoms. The molecular weight excluding hydrogens is 278 g/mol. The SMILES string of the molecule is O=C(NCCCOCc1ccco1)c1ccc(Cl)cc1. The van der Waals surface area contributed by atoms with E-state index < -0.39 is 0 Å². The van der Waals surface area contributed by atoms with Crippen molar-refractivity contribution in [3.63, 3.8) is 0 Å². The van der Waals surface area contributed by atoms with E-state index in [1.54, 1.807) is 30.5 Å². The summed E-state index contributed by atoms with van der Waals surface area (Å²) in [6.07, 6.45) is 2.37. The van der Waals surface area contributed by atoms with Crippen molar-refractivity contribution in [3.8, 4) is 0 Å². The predicted molar refractivity (Wildman–Crippen MR) is 76.8 cm³/mol. The minimum atomic E-state index is -0.104. The highest BCUT2D eigenvalue weighted by Gasteiger charge is 2.04. The largest absolute Gasteiger partial charge is 0.467 e. The van der Waals surface area contributed by atoms with Gasteiger partial charge in [0.05, 0.1) is 6.26 Å². The molecule has 0 bridgehead atoms. The Hall–Kier alpha value is -1.78. The second kappa shape index (κ2) is 7.72. The standard InChI is InChI=1S/C15H16ClNO3/c16-13-6-4-12(5-7-13)15(18)17-8-2-9-19-11-14-3-1-10-20-14/h1,3-7,10H,2,8-9,11H2,(H,17,18). The smallest absolute Gasteiger partial charge is 0.251 e. The first-order chi connectivity index (χ1) is 9.75. The van der Waals surface area contributed by atoms with Crippen LogP contribution < -0.4 is 5.32 Å². The molecule has 1 aromatic heterocycles. The molecule has 0 saturated heterocycles. The van der Waals surface area contributed by atoms with Crippen LogP contribution in [-0.4, -0.2) is 19.1 Å². The van der Waals surface area contributed by atoms with E-state index in [1.165, 1.54) is 0 Å². The van der Waals surface area contributed by atoms with E-state index in [4.69, 9.17) is 20.8 Å². The molecule has 1 heterocycles. The Morgan fingerprint density at radius 2 is 2.05 bits per heavy atom. The Morgan fingerprint density at radius 3 is 2.75 bits per heavy atom. The molecule has 0 atom stereocenters. The zero-order valence-corrected chi connectivity index (χ0v) is 11.7. The fraction of sp³-hybridized carbons (Fsp3) is 0.267. The van der Waals surface area contributed by atoms with E-state index in [-0.39, 0.29) is 5.91 Å². The number of carbonyl (C=O) groups is 1. The van der Waals surface area contributed by atoms with Crippen molar-refractivity contribution in [3.05, 3.63) is 59.0 Å². The molecule has 0 unspecified atom stereocenters. The lowest BCUT2D eigenvalue weighted by Crippen LogP contribution is -2.25. The average molecular weight is 294 g/mol. The topological polar surface area (TPSA) is 51.5 Å². The summed E-state index contributed by atoms with van der Waals surface area (Å²) in [5.74, 6) is 0.697. The monoisotopic (exact) mass is 293 g/mol. The first-order valence-electron chi connectivity index (χ1n) is 6.39. The van der Waals surface area contributed by atoms with Gasteiger partial charge in [-0.2, -0.15) is 0 Å². The highest BCUT2D eigenvalue weighted by Crippen LogP contribution is 2.09. The molecule has 106 valence electrons. The summed E-state index contributed by atoms with van der Waals surface area (Å²) in [6, 6.07) is 10.5. The van der Waals surface area contributed by atoms with Crippen LogP contribution in [0, 0.1) is 0 Å². The molecule has 0 saturated carbocycles. The lowest BCUT2D eigenvalue weighted by atomic mass is 10.2. The first-order valence-corrected chi connectivity index (χ1v) is 6.77. The van der Waals surface area contributed by atoms with Crippen LogP contribution in [0.2, 0.25) is 5.02 Å². The van der Waals surface area contributed by atoms with Crippen LogP contribution >= 0.6 is 11.6 Å². The Morgan fingerprint density at radius 1 is 1.25 bits per heavy atom. The predicted octanol–water partition coefficient (Wildman–Crippen LogP) is 3.27. The van der Waals surface area contributed by atoms with Crippen molar-refractivity contribution in [2.75, 3.05) is 13.2 Å². The van der Waals surface area contributed by atoms with Crippen LogP contribution in [0.15, 0.2) is 47.1 Å². The fourth-order valence-electron chi connectivity index (χ4n) is 1.65. The van der Waals surface area contributed by atoms with Gasteiger partial charge in [0.15, 0.2) is 0 Å². The molecule has 4 nitrogen and oxygen atoms in total. The molecule has 2 rings (SSSR count). The number of amides is 1. The van der Waals surface area contributed by atoms with Crippen LogP contribution in [0.3, 0.4) is 0 Å². The number of ether oxygens (including phenoxy) is 1. The molecule has 20 heavy (non-hydrogen) atoms. The van der Waals surface area contributed by atoms with Gasteiger partial charge in [-0.05, 0) is 42.8 Å². The second-order valence-corrected chi connectivity index (χ2v) is 4.68. The summed E-state index contributed by atoms with van der Waals surface area (Å²) in [5, 5.41) is 3.45. The third-order valence-electron chi connectivity index (χ3n) is 2.68. The maximum absolute atomic E-state index is 11.8. The number of rotatable bonds is 7. The van der Waals surface area contributed by atoms with Gasteiger partial charge in [0.2, 0.25) is 0 Å². The maximum Gasteiger partial charge on any atom is 0.251 e. The van der Waals surface area contributed by atoms with Gasteiger partial charge in [0, 0.05) is 23.7 Å². The lowest BCUT2D eigenvalue weighted by Gasteiger charge is -2.05. The number of hydrogen-bond acceptors (Lipinski definition) is 3. The van der Waals surface area contributed by atoms with Crippen LogP contribution in [0.25, 0.3) is 0 Å². The maximum atomic E-state index is 11.8. The molecule has 1 amide bonds. The number of halogens is 1. The molecule has 1 N–H and O–H groups in total. The van der Waals surface area contributed by atoms with Gasteiger partial charge in [-0.3, -0.25) is 4.79 Å². The van der Waals surface area contributed by atoms with Crippen molar-refractivity contribution < 1.29 is 13.9 Å². The van der Waals surface area contributed by atoms with Crippen LogP contribution in [0.1, 0.15) is 22.5 Å². The van der Waals surface area contributed by atoms with Crippen LogP contribution in [0.5, 0.6) is 0 Å². The Balaban J connectivity index is 1.58. The van der Waals surface area contributed by atoms with E-state index in [2.05, 4.69) is 5.32 Å². The summed E-state index contributed by atoms with van der Waals surface area (Å²) in [5.41, 5.74) is 0.603. The molecule has 0 aliphatic carbocycles. The first kappa shape index (κ1) is 14.6. The highest BCUT2D eigenvalue weighted by atomic mass is 35.5. The summed E-state index contributed by atoms with van der Waals surface area (Å²) < 4.78 is 10.6. The number of benzene rings is 1. The summed E-state index contributed by atoms with van der Waals surface area (Å²) in [7, 11) is 0. The van der Waals surface area contributed by atoms with Crippen molar-refractivity contribution in [1.29, 1.82) is 0 Å². The van der Waals surface area contributed by atoms with Gasteiger partial charge in [-0.25, -0.2) is 0 Å². The van der Waals surface area contributed by atoms with Gasteiger partial charge in [-0.15, -0.1) is 0 Å². The summed E-state index contributed by atoms with van der Waals surface area (Å²) in [6.45, 7) is 1.60. The van der Waals surface area contributed by atoms with E-state index in [0.29, 0.717) is 30.3 Å². The third-order valence-corrected chi connectivity index (χ3v) is 2.93. The molecule has 0 spiro atoms. The van der Waals surface area contributed by atoms with Crippen molar-refractivity contribution in [1.82, 2.24) is 5.32 Å². The van der Waals surface area contributed by atoms with Crippen molar-refractivity contribution in [2.45, 2.75) is 13.0 Å². The van der Waals surface area contributed by atoms with E-state index in [0.717, 1.165) is 12.2 Å². The van der Waals surface area contributed by atoms with Crippen molar-refractivity contribution >= 4 is 17.5 Å². The Kier molecular flexibility index (Phi) is 5.65. The number of hydrogen-bond donors (Lipinski definition) is 1. The Bertz CT molecular complexity index is 523. The Labute approximate surface area is 122 Å². The molecule has 0 aliphatic rings. The van der Waals surface area contributed by atoms with Crippen LogP contribution in [0.4, 0.5) is 0 Å². The molecule has 1 aromatic carbocycles. The number of carbonyl (C=O) groups excluding carboxylic acids is 1. The summed E-state index contributed by atoms with van der Waals surface area (Å²) >= 11 is 5.76. The zero-order valence-electron chi connectivity index (χ0n) is 11.0. The minimum absolute atomic E-state index is 0.104. The third kappa shape index (κ3) is 4.72. The van der Waals surface area contributed by atoms with E-state index in [9.17, 15) is 4.79 Å². The van der Waals surface area contributed by atoms with E-state index in [1.807, 2.05) is 12.1 Å². The molecule has 0 radical (unpaired) electrons. The van der Waals surface area contributed by atoms with Gasteiger partial charge in [-0.1, -0.05) is 11.6 Å². The van der Waals surface area contributed by atoms with Crippen molar-refractivity contribution in [2.24, 2.45) is 0 Å². The van der Waals surface area contributed by atoms with Gasteiger partial charge >= 0.3 is 0 Å². The summed E-state index contributed by atoms with van der Waals surface area (Å²) in [4.78, 5) is 11.8. The molecule has 0 fully saturated rings. The molecular formula is C15H16ClNO3. The van der Waals surface area contributed by atoms with Crippen LogP contribution in [-0.2, 0) is 11.3 Å². The number of nitrogens with one attached hydrogen (secondary N) is 1. The quantitative estimate of drug-likeness (QED) is 0.797. The van der Waals surface area contributed by atoms with Gasteiger partial charge < -0.3 is 14.5 Å². The molecule has 2 aromatic rings. The number of furan rings is 1. The zero-order chi connectivity index (χ0) is 14.2. The highest BCUT2D eigenvalue weighted by molar-refractivity contribution is 6.30.